The van der Waals surface area contributed by atoms with Gasteiger partial charge in [-0.05, 0) is 24.3 Å². The van der Waals surface area contributed by atoms with Gasteiger partial charge < -0.3 is 16.0 Å². The maximum atomic E-state index is 5.73. The van der Waals surface area contributed by atoms with Crippen molar-refractivity contribution in [3.8, 4) is 0 Å². The summed E-state index contributed by atoms with van der Waals surface area (Å²) in [5, 5.41) is 3.31. The molecule has 2 aliphatic heterocycles. The van der Waals surface area contributed by atoms with Crippen LogP contribution in [0.15, 0.2) is 36.7 Å². The predicted molar refractivity (Wildman–Crippen MR) is 74.8 cm³/mol. The molecule has 0 saturated carbocycles. The number of anilines is 2. The van der Waals surface area contributed by atoms with Crippen LogP contribution >= 0.6 is 0 Å². The molecule has 0 aromatic heterocycles. The number of rotatable bonds is 2. The normalized spacial score (nSPS) is 30.7. The molecule has 0 radical (unpaired) electrons. The number of hydrogen-bond acceptors (Lipinski definition) is 3. The Hall–Kier alpha value is -1.68. The van der Waals surface area contributed by atoms with E-state index in [9.17, 15) is 0 Å². The van der Waals surface area contributed by atoms with Gasteiger partial charge in [0.1, 0.15) is 12.2 Å². The summed E-state index contributed by atoms with van der Waals surface area (Å²) in [6, 6.07) is 8.88. The Bertz CT molecular complexity index is 453. The second kappa shape index (κ2) is 4.21. The summed E-state index contributed by atoms with van der Waals surface area (Å²) < 4.78 is 1.01. The van der Waals surface area contributed by atoms with Crippen molar-refractivity contribution in [2.75, 3.05) is 37.4 Å². The Balaban J connectivity index is 1.72. The zero-order valence-corrected chi connectivity index (χ0v) is 10.8. The first-order valence-corrected chi connectivity index (χ1v) is 6.54. The number of benzene rings is 1. The summed E-state index contributed by atoms with van der Waals surface area (Å²) in [5.74, 6) is 0. The van der Waals surface area contributed by atoms with Gasteiger partial charge in [-0.2, -0.15) is 0 Å². The van der Waals surface area contributed by atoms with Gasteiger partial charge >= 0.3 is 0 Å². The highest BCUT2D eigenvalue weighted by Crippen LogP contribution is 2.27. The molecule has 1 saturated heterocycles. The van der Waals surface area contributed by atoms with Gasteiger partial charge in [-0.15, -0.1) is 0 Å². The monoisotopic (exact) mass is 245 g/mol. The van der Waals surface area contributed by atoms with E-state index in [-0.39, 0.29) is 0 Å². The fourth-order valence-electron chi connectivity index (χ4n) is 2.92. The highest BCUT2D eigenvalue weighted by Gasteiger charge is 2.38. The molecule has 2 atom stereocenters. The average molecular weight is 245 g/mol. The fraction of sp³-hybridized carbons (Fsp3) is 0.429. The van der Waals surface area contributed by atoms with Crippen LogP contribution in [0, 0.1) is 0 Å². The van der Waals surface area contributed by atoms with Crippen LogP contribution in [0.2, 0.25) is 0 Å². The van der Waals surface area contributed by atoms with Crippen molar-refractivity contribution in [1.82, 2.24) is 5.32 Å². The molecule has 0 amide bonds. The zero-order chi connectivity index (χ0) is 12.6. The topological polar surface area (TPSA) is 41.3 Å². The lowest BCUT2D eigenvalue weighted by Crippen LogP contribution is -2.49. The first-order chi connectivity index (χ1) is 8.67. The summed E-state index contributed by atoms with van der Waals surface area (Å²) in [5.41, 5.74) is 7.85. The van der Waals surface area contributed by atoms with Crippen molar-refractivity contribution >= 4 is 11.4 Å². The smallest absolute Gasteiger partial charge is 0.156 e. The van der Waals surface area contributed by atoms with E-state index in [0.717, 1.165) is 29.9 Å². The largest absolute Gasteiger partial charge is 0.399 e. The Labute approximate surface area is 108 Å². The van der Waals surface area contributed by atoms with Crippen LogP contribution in [0.5, 0.6) is 0 Å². The number of quaternary nitrogens is 1. The maximum absolute atomic E-state index is 5.73. The molecule has 1 aromatic carbocycles. The molecule has 3 N–H and O–H groups in total. The number of nitrogen functional groups attached to an aromatic ring is 1. The number of nitrogens with two attached hydrogens (primary N) is 1. The molecule has 1 fully saturated rings. The molecule has 2 unspecified atom stereocenters. The van der Waals surface area contributed by atoms with Gasteiger partial charge in [-0.25, -0.2) is 0 Å². The highest BCUT2D eigenvalue weighted by atomic mass is 15.4. The summed E-state index contributed by atoms with van der Waals surface area (Å²) in [4.78, 5) is 2.46. The quantitative estimate of drug-likeness (QED) is 0.610. The van der Waals surface area contributed by atoms with E-state index in [1.807, 2.05) is 12.1 Å². The van der Waals surface area contributed by atoms with E-state index in [4.69, 9.17) is 5.73 Å². The third-order valence-corrected chi connectivity index (χ3v) is 4.22. The molecule has 0 aliphatic carbocycles. The van der Waals surface area contributed by atoms with Crippen LogP contribution in [0.1, 0.15) is 6.42 Å². The molecule has 1 aromatic rings. The highest BCUT2D eigenvalue weighted by molar-refractivity contribution is 5.53. The van der Waals surface area contributed by atoms with E-state index in [0.29, 0.717) is 6.04 Å². The Morgan fingerprint density at radius 2 is 2.11 bits per heavy atom. The van der Waals surface area contributed by atoms with Gasteiger partial charge in [0, 0.05) is 24.3 Å². The van der Waals surface area contributed by atoms with E-state index in [1.54, 1.807) is 0 Å². The van der Waals surface area contributed by atoms with Gasteiger partial charge in [0.15, 0.2) is 6.67 Å². The van der Waals surface area contributed by atoms with E-state index in [2.05, 4.69) is 41.8 Å². The molecule has 4 nitrogen and oxygen atoms in total. The lowest BCUT2D eigenvalue weighted by atomic mass is 10.2. The van der Waals surface area contributed by atoms with E-state index in [1.165, 1.54) is 12.1 Å². The number of hydrogen-bond donors (Lipinski definition) is 2. The minimum atomic E-state index is 0.675. The standard InChI is InChI=1S/C14H21N4/c1-18(9-7-16-11-18)14-6-8-17(10-14)13-4-2-12(15)3-5-13/h2-5,7,9,14,16H,6,8,10-11,15H2,1H3/q+1. The SMILES string of the molecule is C[N+]1(C2CCN(c3ccc(N)cc3)C2)C=CNC1. The van der Waals surface area contributed by atoms with E-state index < -0.39 is 0 Å². The Morgan fingerprint density at radius 1 is 1.33 bits per heavy atom. The maximum Gasteiger partial charge on any atom is 0.156 e. The second-order valence-corrected chi connectivity index (χ2v) is 5.50. The molecule has 0 bridgehead atoms. The molecule has 3 rings (SSSR count). The lowest BCUT2D eigenvalue weighted by molar-refractivity contribution is -0.879. The van der Waals surface area contributed by atoms with Gasteiger partial charge in [-0.1, -0.05) is 0 Å². The van der Waals surface area contributed by atoms with Gasteiger partial charge in [-0.3, -0.25) is 4.48 Å². The molecule has 4 heteroatoms. The lowest BCUT2D eigenvalue weighted by Gasteiger charge is -2.32. The third kappa shape index (κ3) is 1.93. The zero-order valence-electron chi connectivity index (χ0n) is 10.8. The van der Waals surface area contributed by atoms with Crippen molar-refractivity contribution in [3.63, 3.8) is 0 Å². The average Bonchev–Trinajstić information content (AvgIpc) is 2.99. The number of likely N-dealkylation sites (N-methyl/N-ethyl adjacent to an activating group) is 1. The van der Waals surface area contributed by atoms with Crippen LogP contribution in [-0.2, 0) is 0 Å². The summed E-state index contributed by atoms with van der Waals surface area (Å²) in [6.07, 6.45) is 5.59. The molecule has 18 heavy (non-hydrogen) atoms. The number of nitrogens with zero attached hydrogens (tertiary/aromatic N) is 2. The second-order valence-electron chi connectivity index (χ2n) is 5.50. The van der Waals surface area contributed by atoms with Gasteiger partial charge in [0.25, 0.3) is 0 Å². The minimum Gasteiger partial charge on any atom is -0.399 e. The molecule has 2 heterocycles. The predicted octanol–water partition coefficient (Wildman–Crippen LogP) is 1.33. The molecule has 0 spiro atoms. The van der Waals surface area contributed by atoms with Crippen LogP contribution < -0.4 is 16.0 Å². The number of nitrogens with one attached hydrogen (secondary N) is 1. The summed E-state index contributed by atoms with van der Waals surface area (Å²) >= 11 is 0. The first-order valence-electron chi connectivity index (χ1n) is 6.54. The van der Waals surface area contributed by atoms with Crippen LogP contribution in [-0.4, -0.2) is 37.3 Å². The van der Waals surface area contributed by atoms with Crippen molar-refractivity contribution < 1.29 is 4.48 Å². The van der Waals surface area contributed by atoms with Crippen molar-refractivity contribution in [2.24, 2.45) is 0 Å². The molecular weight excluding hydrogens is 224 g/mol. The first kappa shape index (κ1) is 11.4. The molecule has 96 valence electrons. The van der Waals surface area contributed by atoms with Crippen LogP contribution in [0.25, 0.3) is 0 Å². The third-order valence-electron chi connectivity index (χ3n) is 4.22. The van der Waals surface area contributed by atoms with Crippen LogP contribution in [0.4, 0.5) is 11.4 Å². The summed E-state index contributed by atoms with van der Waals surface area (Å²) in [7, 11) is 2.30. The van der Waals surface area contributed by atoms with Crippen molar-refractivity contribution in [3.05, 3.63) is 36.7 Å². The van der Waals surface area contributed by atoms with Gasteiger partial charge in [0.2, 0.25) is 0 Å². The Morgan fingerprint density at radius 3 is 2.78 bits per heavy atom. The Kier molecular flexibility index (Phi) is 2.67. The van der Waals surface area contributed by atoms with Crippen molar-refractivity contribution in [1.29, 1.82) is 0 Å². The van der Waals surface area contributed by atoms with E-state index >= 15 is 0 Å². The molecular formula is C14H21N4+. The summed E-state index contributed by atoms with van der Waals surface area (Å²) in [6.45, 7) is 3.27. The minimum absolute atomic E-state index is 0.675. The van der Waals surface area contributed by atoms with Crippen LogP contribution in [0.3, 0.4) is 0 Å². The van der Waals surface area contributed by atoms with Crippen molar-refractivity contribution in [2.45, 2.75) is 12.5 Å². The fourth-order valence-corrected chi connectivity index (χ4v) is 2.92. The van der Waals surface area contributed by atoms with Gasteiger partial charge in [0.05, 0.1) is 19.8 Å². The molecule has 2 aliphatic rings.